The van der Waals surface area contributed by atoms with Gasteiger partial charge in [-0.25, -0.2) is 12.8 Å². The van der Waals surface area contributed by atoms with Gasteiger partial charge in [-0.15, -0.1) is 0 Å². The monoisotopic (exact) mass is 406 g/mol. The topological polar surface area (TPSA) is 70.9 Å². The van der Waals surface area contributed by atoms with Gasteiger partial charge in [-0.2, -0.15) is 4.31 Å². The highest BCUT2D eigenvalue weighted by molar-refractivity contribution is 7.89. The Labute approximate surface area is 165 Å². The number of hydrogen-bond acceptors (Lipinski definition) is 3. The largest absolute Gasteiger partial charge is 0.325 e. The molecule has 0 atom stereocenters. The summed E-state index contributed by atoms with van der Waals surface area (Å²) in [6, 6.07) is 10.8. The molecule has 8 heteroatoms. The Bertz CT molecular complexity index is 953. The highest BCUT2D eigenvalue weighted by atomic mass is 32.2. The van der Waals surface area contributed by atoms with Gasteiger partial charge >= 0.3 is 0 Å². The van der Waals surface area contributed by atoms with Crippen LogP contribution < -0.4 is 10.2 Å². The van der Waals surface area contributed by atoms with Crippen LogP contribution in [0, 0.1) is 19.7 Å². The first-order valence-corrected chi connectivity index (χ1v) is 10.7. The van der Waals surface area contributed by atoms with Gasteiger partial charge in [-0.3, -0.25) is 4.79 Å². The summed E-state index contributed by atoms with van der Waals surface area (Å²) in [4.78, 5) is 13.5. The lowest BCUT2D eigenvalue weighted by molar-refractivity contribution is -0.895. The molecule has 1 saturated heterocycles. The first-order valence-electron chi connectivity index (χ1n) is 9.22. The van der Waals surface area contributed by atoms with Gasteiger partial charge in [0.2, 0.25) is 10.0 Å². The third kappa shape index (κ3) is 4.76. The van der Waals surface area contributed by atoms with E-state index in [-0.39, 0.29) is 17.3 Å². The number of aryl methyl sites for hydroxylation is 2. The zero-order valence-corrected chi connectivity index (χ0v) is 16.9. The predicted molar refractivity (Wildman–Crippen MR) is 105 cm³/mol. The number of benzene rings is 2. The van der Waals surface area contributed by atoms with E-state index in [4.69, 9.17) is 0 Å². The molecule has 2 aromatic rings. The summed E-state index contributed by atoms with van der Waals surface area (Å²) in [5, 5.41) is 2.94. The SMILES string of the molecule is Cc1ccc(C)c(NC(=O)C[NH+]2CCN(S(=O)(=O)c3ccc(F)cc3)CC2)c1. The molecule has 0 aromatic heterocycles. The lowest BCUT2D eigenvalue weighted by Gasteiger charge is -2.31. The Balaban J connectivity index is 1.55. The van der Waals surface area contributed by atoms with Gasteiger partial charge in [0.1, 0.15) is 5.82 Å². The lowest BCUT2D eigenvalue weighted by atomic mass is 10.1. The second-order valence-electron chi connectivity index (χ2n) is 7.15. The van der Waals surface area contributed by atoms with Crippen LogP contribution in [-0.4, -0.2) is 51.4 Å². The van der Waals surface area contributed by atoms with Crippen molar-refractivity contribution in [3.63, 3.8) is 0 Å². The second-order valence-corrected chi connectivity index (χ2v) is 9.09. The highest BCUT2D eigenvalue weighted by Gasteiger charge is 2.31. The number of rotatable bonds is 5. The number of amides is 1. The van der Waals surface area contributed by atoms with Crippen molar-refractivity contribution in [2.45, 2.75) is 18.7 Å². The van der Waals surface area contributed by atoms with Gasteiger partial charge in [0.25, 0.3) is 5.91 Å². The summed E-state index contributed by atoms with van der Waals surface area (Å²) in [6.07, 6.45) is 0. The normalized spacial score (nSPS) is 16.1. The molecule has 150 valence electrons. The molecule has 0 radical (unpaired) electrons. The Kier molecular flexibility index (Phi) is 6.12. The Morgan fingerprint density at radius 3 is 2.39 bits per heavy atom. The van der Waals surface area contributed by atoms with Crippen LogP contribution >= 0.6 is 0 Å². The van der Waals surface area contributed by atoms with Gasteiger partial charge in [0.05, 0.1) is 31.1 Å². The highest BCUT2D eigenvalue weighted by Crippen LogP contribution is 2.17. The fourth-order valence-electron chi connectivity index (χ4n) is 3.27. The smallest absolute Gasteiger partial charge is 0.279 e. The minimum absolute atomic E-state index is 0.0847. The van der Waals surface area contributed by atoms with Crippen molar-refractivity contribution >= 4 is 21.6 Å². The van der Waals surface area contributed by atoms with Crippen LogP contribution in [0.4, 0.5) is 10.1 Å². The van der Waals surface area contributed by atoms with E-state index < -0.39 is 15.8 Å². The molecule has 0 saturated carbocycles. The van der Waals surface area contributed by atoms with E-state index in [1.54, 1.807) is 0 Å². The fourth-order valence-corrected chi connectivity index (χ4v) is 4.71. The van der Waals surface area contributed by atoms with Crippen molar-refractivity contribution in [3.8, 4) is 0 Å². The molecule has 2 aromatic carbocycles. The molecule has 1 heterocycles. The average molecular weight is 407 g/mol. The molecule has 3 rings (SSSR count). The predicted octanol–water partition coefficient (Wildman–Crippen LogP) is 0.970. The number of hydrogen-bond donors (Lipinski definition) is 2. The fraction of sp³-hybridized carbons (Fsp3) is 0.350. The van der Waals surface area contributed by atoms with Crippen LogP contribution in [-0.2, 0) is 14.8 Å². The van der Waals surface area contributed by atoms with Gasteiger partial charge in [-0.1, -0.05) is 12.1 Å². The van der Waals surface area contributed by atoms with E-state index >= 15 is 0 Å². The van der Waals surface area contributed by atoms with Crippen molar-refractivity contribution < 1.29 is 22.5 Å². The van der Waals surface area contributed by atoms with Crippen LogP contribution in [0.5, 0.6) is 0 Å². The molecule has 1 aliphatic heterocycles. The van der Waals surface area contributed by atoms with E-state index in [9.17, 15) is 17.6 Å². The molecule has 28 heavy (non-hydrogen) atoms. The van der Waals surface area contributed by atoms with Gasteiger partial charge in [0, 0.05) is 5.69 Å². The molecule has 1 fully saturated rings. The third-order valence-corrected chi connectivity index (χ3v) is 6.87. The first kappa shape index (κ1) is 20.4. The number of sulfonamides is 1. The Hall–Kier alpha value is -2.29. The maximum Gasteiger partial charge on any atom is 0.279 e. The molecule has 6 nitrogen and oxygen atoms in total. The quantitative estimate of drug-likeness (QED) is 0.778. The van der Waals surface area contributed by atoms with E-state index in [0.717, 1.165) is 33.8 Å². The molecular formula is C20H25FN3O3S+. The standard InChI is InChI=1S/C20H24FN3O3S/c1-15-3-4-16(2)19(13-15)22-20(25)14-23-9-11-24(12-10-23)28(26,27)18-7-5-17(21)6-8-18/h3-8,13H,9-12,14H2,1-2H3,(H,22,25)/p+1. The summed E-state index contributed by atoms with van der Waals surface area (Å²) < 4.78 is 39.7. The van der Waals surface area contributed by atoms with Crippen molar-refractivity contribution in [1.29, 1.82) is 0 Å². The number of piperazine rings is 1. The van der Waals surface area contributed by atoms with Crippen molar-refractivity contribution in [2.24, 2.45) is 0 Å². The molecule has 1 amide bonds. The number of nitrogens with one attached hydrogen (secondary N) is 2. The van der Waals surface area contributed by atoms with Gasteiger partial charge in [0.15, 0.2) is 6.54 Å². The lowest BCUT2D eigenvalue weighted by Crippen LogP contribution is -3.15. The average Bonchev–Trinajstić information content (AvgIpc) is 2.65. The number of nitrogens with zero attached hydrogens (tertiary/aromatic N) is 1. The molecular weight excluding hydrogens is 381 g/mol. The zero-order valence-electron chi connectivity index (χ0n) is 16.0. The molecule has 0 spiro atoms. The van der Waals surface area contributed by atoms with Crippen LogP contribution in [0.2, 0.25) is 0 Å². The van der Waals surface area contributed by atoms with Gasteiger partial charge in [-0.05, 0) is 55.3 Å². The zero-order chi connectivity index (χ0) is 20.3. The molecule has 0 aliphatic carbocycles. The third-order valence-electron chi connectivity index (χ3n) is 4.96. The summed E-state index contributed by atoms with van der Waals surface area (Å²) >= 11 is 0. The van der Waals surface area contributed by atoms with Crippen molar-refractivity contribution in [2.75, 3.05) is 38.0 Å². The van der Waals surface area contributed by atoms with E-state index in [0.29, 0.717) is 26.2 Å². The van der Waals surface area contributed by atoms with E-state index in [2.05, 4.69) is 5.32 Å². The summed E-state index contributed by atoms with van der Waals surface area (Å²) in [5.41, 5.74) is 2.89. The van der Waals surface area contributed by atoms with E-state index in [1.165, 1.54) is 16.4 Å². The number of anilines is 1. The number of quaternary nitrogens is 1. The van der Waals surface area contributed by atoms with Crippen LogP contribution in [0.1, 0.15) is 11.1 Å². The number of carbonyl (C=O) groups is 1. The molecule has 0 bridgehead atoms. The summed E-state index contributed by atoms with van der Waals surface area (Å²) in [5.74, 6) is -0.554. The summed E-state index contributed by atoms with van der Waals surface area (Å²) in [6.45, 7) is 5.94. The minimum Gasteiger partial charge on any atom is -0.325 e. The molecule has 1 aliphatic rings. The van der Waals surface area contributed by atoms with Crippen LogP contribution in [0.15, 0.2) is 47.4 Å². The molecule has 0 unspecified atom stereocenters. The number of halogens is 1. The first-order chi connectivity index (χ1) is 13.3. The maximum absolute atomic E-state index is 13.0. The maximum atomic E-state index is 13.0. The molecule has 2 N–H and O–H groups in total. The van der Waals surface area contributed by atoms with Crippen molar-refractivity contribution in [1.82, 2.24) is 4.31 Å². The van der Waals surface area contributed by atoms with Crippen molar-refractivity contribution in [3.05, 3.63) is 59.4 Å². The van der Waals surface area contributed by atoms with Crippen LogP contribution in [0.3, 0.4) is 0 Å². The second kappa shape index (κ2) is 8.38. The van der Waals surface area contributed by atoms with E-state index in [1.807, 2.05) is 32.0 Å². The Morgan fingerprint density at radius 2 is 1.75 bits per heavy atom. The summed E-state index contributed by atoms with van der Waals surface area (Å²) in [7, 11) is -3.64. The minimum atomic E-state index is -3.64. The van der Waals surface area contributed by atoms with Crippen LogP contribution in [0.25, 0.3) is 0 Å². The Morgan fingerprint density at radius 1 is 1.11 bits per heavy atom. The number of carbonyl (C=O) groups excluding carboxylic acids is 1. The van der Waals surface area contributed by atoms with Gasteiger partial charge < -0.3 is 10.2 Å².